The van der Waals surface area contributed by atoms with Gasteiger partial charge in [0.15, 0.2) is 11.5 Å². The second-order valence-electron chi connectivity index (χ2n) is 7.03. The number of benzene rings is 2. The lowest BCUT2D eigenvalue weighted by Crippen LogP contribution is -2.40. The van der Waals surface area contributed by atoms with Gasteiger partial charge in [-0.3, -0.25) is 9.69 Å². The van der Waals surface area contributed by atoms with Crippen LogP contribution in [0.15, 0.2) is 53.9 Å². The third kappa shape index (κ3) is 3.39. The molecule has 8 heteroatoms. The van der Waals surface area contributed by atoms with Crippen molar-refractivity contribution in [1.82, 2.24) is 15.2 Å². The van der Waals surface area contributed by atoms with E-state index < -0.39 is 11.6 Å². The van der Waals surface area contributed by atoms with Crippen molar-refractivity contribution in [2.45, 2.75) is 19.0 Å². The number of ether oxygens (including phenoxy) is 2. The second kappa shape index (κ2) is 7.79. The molecular weight excluding hydrogens is 402 g/mol. The monoisotopic (exact) mass is 423 g/mol. The molecule has 1 saturated heterocycles. The van der Waals surface area contributed by atoms with Gasteiger partial charge in [-0.2, -0.15) is 0 Å². The Labute approximate surface area is 178 Å². The second-order valence-corrected chi connectivity index (χ2v) is 7.88. The van der Waals surface area contributed by atoms with Crippen molar-refractivity contribution in [2.24, 2.45) is 0 Å². The van der Waals surface area contributed by atoms with Gasteiger partial charge in [0.2, 0.25) is 0 Å². The number of rotatable bonds is 6. The van der Waals surface area contributed by atoms with Crippen molar-refractivity contribution >= 4 is 23.3 Å². The van der Waals surface area contributed by atoms with Crippen LogP contribution in [0.5, 0.6) is 11.5 Å². The normalized spacial score (nSPS) is 18.4. The molecule has 7 nitrogen and oxygen atoms in total. The molecule has 1 aromatic heterocycles. The molecule has 0 saturated carbocycles. The van der Waals surface area contributed by atoms with Gasteiger partial charge in [0.25, 0.3) is 5.91 Å². The summed E-state index contributed by atoms with van der Waals surface area (Å²) < 4.78 is 10.6. The van der Waals surface area contributed by atoms with Gasteiger partial charge in [-0.1, -0.05) is 36.4 Å². The van der Waals surface area contributed by atoms with Crippen molar-refractivity contribution in [1.29, 1.82) is 0 Å². The first-order valence-corrected chi connectivity index (χ1v) is 10.2. The molecule has 2 heterocycles. The van der Waals surface area contributed by atoms with Crippen LogP contribution in [0.3, 0.4) is 0 Å². The van der Waals surface area contributed by atoms with Gasteiger partial charge in [0.1, 0.15) is 10.5 Å². The van der Waals surface area contributed by atoms with Crippen LogP contribution in [0, 0.1) is 0 Å². The number of methoxy groups -OCH3 is 2. The topological polar surface area (TPSA) is 80.8 Å². The highest BCUT2D eigenvalue weighted by atomic mass is 32.1. The fraction of sp³-hybridized carbons (Fsp3) is 0.227. The van der Waals surface area contributed by atoms with Crippen molar-refractivity contribution in [3.05, 3.63) is 65.2 Å². The Morgan fingerprint density at radius 1 is 1.07 bits per heavy atom. The number of hydrogen-bond donors (Lipinski definition) is 1. The van der Waals surface area contributed by atoms with E-state index in [0.29, 0.717) is 22.8 Å². The molecule has 1 N–H and O–H groups in total. The number of carbonyl (C=O) groups excluding carboxylic acids is 2. The summed E-state index contributed by atoms with van der Waals surface area (Å²) in [6.45, 7) is 1.79. The van der Waals surface area contributed by atoms with Crippen molar-refractivity contribution in [3.63, 3.8) is 0 Å². The molecule has 1 atom stereocenters. The highest BCUT2D eigenvalue weighted by Gasteiger charge is 2.49. The first-order chi connectivity index (χ1) is 14.5. The van der Waals surface area contributed by atoms with Crippen molar-refractivity contribution < 1.29 is 19.1 Å². The highest BCUT2D eigenvalue weighted by molar-refractivity contribution is 7.13. The molecule has 0 aliphatic carbocycles. The van der Waals surface area contributed by atoms with Crippen LogP contribution in [-0.2, 0) is 16.9 Å². The van der Waals surface area contributed by atoms with Gasteiger partial charge >= 0.3 is 6.03 Å². The summed E-state index contributed by atoms with van der Waals surface area (Å²) in [7, 11) is 3.07. The van der Waals surface area contributed by atoms with Crippen LogP contribution in [0.25, 0.3) is 10.6 Å². The molecular formula is C22H21N3O4S. The van der Waals surface area contributed by atoms with Gasteiger partial charge in [-0.05, 0) is 24.6 Å². The van der Waals surface area contributed by atoms with Gasteiger partial charge in [0, 0.05) is 10.9 Å². The van der Waals surface area contributed by atoms with E-state index in [1.165, 1.54) is 23.3 Å². The van der Waals surface area contributed by atoms with E-state index in [9.17, 15) is 9.59 Å². The highest BCUT2D eigenvalue weighted by Crippen LogP contribution is 2.36. The number of nitrogens with zero attached hydrogens (tertiary/aromatic N) is 2. The molecule has 0 spiro atoms. The third-order valence-corrected chi connectivity index (χ3v) is 6.07. The fourth-order valence-electron chi connectivity index (χ4n) is 3.44. The zero-order valence-electron chi connectivity index (χ0n) is 16.8. The van der Waals surface area contributed by atoms with E-state index in [4.69, 9.17) is 9.47 Å². The number of amides is 3. The average Bonchev–Trinajstić information content (AvgIpc) is 3.33. The largest absolute Gasteiger partial charge is 0.493 e. The fourth-order valence-corrected chi connectivity index (χ4v) is 4.26. The summed E-state index contributed by atoms with van der Waals surface area (Å²) in [5.74, 6) is 0.701. The number of hydrogen-bond acceptors (Lipinski definition) is 6. The van der Waals surface area contributed by atoms with Gasteiger partial charge in [-0.25, -0.2) is 9.78 Å². The maximum absolute atomic E-state index is 13.2. The number of aromatic nitrogens is 1. The third-order valence-electron chi connectivity index (χ3n) is 5.13. The van der Waals surface area contributed by atoms with Crippen LogP contribution in [-0.4, -0.2) is 36.0 Å². The first-order valence-electron chi connectivity index (χ1n) is 9.32. The predicted octanol–water partition coefficient (Wildman–Crippen LogP) is 3.79. The summed E-state index contributed by atoms with van der Waals surface area (Å²) >= 11 is 1.48. The minimum Gasteiger partial charge on any atom is -0.493 e. The molecule has 30 heavy (non-hydrogen) atoms. The minimum absolute atomic E-state index is 0.108. The lowest BCUT2D eigenvalue weighted by molar-refractivity contribution is -0.131. The molecule has 1 aliphatic rings. The number of urea groups is 1. The Balaban J connectivity index is 1.58. The minimum atomic E-state index is -1.20. The van der Waals surface area contributed by atoms with Crippen molar-refractivity contribution in [2.75, 3.05) is 14.2 Å². The summed E-state index contributed by atoms with van der Waals surface area (Å²) in [5, 5.41) is 5.53. The van der Waals surface area contributed by atoms with E-state index in [1.54, 1.807) is 32.2 Å². The molecule has 4 rings (SSSR count). The molecule has 3 amide bonds. The van der Waals surface area contributed by atoms with Gasteiger partial charge < -0.3 is 14.8 Å². The zero-order valence-corrected chi connectivity index (χ0v) is 17.7. The lowest BCUT2D eigenvalue weighted by Gasteiger charge is -2.23. The van der Waals surface area contributed by atoms with E-state index in [2.05, 4.69) is 10.3 Å². The molecule has 1 aliphatic heterocycles. The van der Waals surface area contributed by atoms with Gasteiger partial charge in [0.05, 0.1) is 26.5 Å². The molecule has 1 fully saturated rings. The van der Waals surface area contributed by atoms with E-state index >= 15 is 0 Å². The van der Waals surface area contributed by atoms with Crippen LogP contribution in [0.1, 0.15) is 18.2 Å². The van der Waals surface area contributed by atoms with E-state index in [1.807, 2.05) is 35.7 Å². The average molecular weight is 423 g/mol. The summed E-state index contributed by atoms with van der Waals surface area (Å²) in [5.41, 5.74) is 1.08. The molecule has 3 aromatic rings. The smallest absolute Gasteiger partial charge is 0.325 e. The molecule has 0 radical (unpaired) electrons. The zero-order chi connectivity index (χ0) is 21.3. The summed E-state index contributed by atoms with van der Waals surface area (Å²) in [6, 6.07) is 14.5. The van der Waals surface area contributed by atoms with Crippen molar-refractivity contribution in [3.8, 4) is 22.1 Å². The number of thiazole rings is 1. The standard InChI is InChI=1S/C22H21N3O4S/c1-22(15-9-10-17(28-2)18(11-15)29-3)20(26)25(21(27)24-22)12-16-13-30-19(23-16)14-7-5-4-6-8-14/h4-11,13H,12H2,1-3H3,(H,24,27)/t22-/m1/s1. The SMILES string of the molecule is COc1ccc([C@@]2(C)NC(=O)N(Cc3csc(-c4ccccc4)n3)C2=O)cc1OC. The molecule has 154 valence electrons. The maximum Gasteiger partial charge on any atom is 0.325 e. The number of imide groups is 1. The van der Waals surface area contributed by atoms with Crippen LogP contribution in [0.4, 0.5) is 4.79 Å². The first kappa shape index (κ1) is 19.9. The Morgan fingerprint density at radius 3 is 2.50 bits per heavy atom. The molecule has 2 aromatic carbocycles. The molecule has 0 bridgehead atoms. The number of carbonyl (C=O) groups is 2. The van der Waals surface area contributed by atoms with Crippen LogP contribution in [0.2, 0.25) is 0 Å². The Morgan fingerprint density at radius 2 is 1.80 bits per heavy atom. The Kier molecular flexibility index (Phi) is 5.17. The van der Waals surface area contributed by atoms with Gasteiger partial charge in [-0.15, -0.1) is 11.3 Å². The van der Waals surface area contributed by atoms with Crippen LogP contribution >= 0.6 is 11.3 Å². The summed E-state index contributed by atoms with van der Waals surface area (Å²) in [6.07, 6.45) is 0. The maximum atomic E-state index is 13.2. The predicted molar refractivity (Wildman–Crippen MR) is 114 cm³/mol. The Hall–Kier alpha value is -3.39. The Bertz CT molecular complexity index is 1100. The quantitative estimate of drug-likeness (QED) is 0.610. The van der Waals surface area contributed by atoms with E-state index in [-0.39, 0.29) is 12.5 Å². The number of nitrogens with one attached hydrogen (secondary N) is 1. The van der Waals surface area contributed by atoms with E-state index in [0.717, 1.165) is 10.6 Å². The molecule has 0 unspecified atom stereocenters. The summed E-state index contributed by atoms with van der Waals surface area (Å²) in [4.78, 5) is 31.7. The van der Waals surface area contributed by atoms with Crippen LogP contribution < -0.4 is 14.8 Å². The lowest BCUT2D eigenvalue weighted by atomic mass is 9.91.